The molecule has 2 N–H and O–H groups in total. The number of pyridine rings is 1. The van der Waals surface area contributed by atoms with E-state index in [-0.39, 0.29) is 5.56 Å². The smallest absolute Gasteiger partial charge is 0.251 e. The highest BCUT2D eigenvalue weighted by atomic mass is 16.1. The highest BCUT2D eigenvalue weighted by Crippen LogP contribution is 2.08. The first-order chi connectivity index (χ1) is 9.15. The summed E-state index contributed by atoms with van der Waals surface area (Å²) in [6.07, 6.45) is 1.68. The van der Waals surface area contributed by atoms with Gasteiger partial charge in [-0.05, 0) is 24.6 Å². The number of aromatic nitrogens is 3. The molecule has 0 saturated carbocycles. The molecule has 0 amide bonds. The van der Waals surface area contributed by atoms with E-state index in [2.05, 4.69) is 34.1 Å². The summed E-state index contributed by atoms with van der Waals surface area (Å²) in [5, 5.41) is 3.27. The van der Waals surface area contributed by atoms with E-state index >= 15 is 0 Å². The van der Waals surface area contributed by atoms with Crippen LogP contribution in [-0.4, -0.2) is 21.5 Å². The van der Waals surface area contributed by atoms with Gasteiger partial charge in [-0.25, -0.2) is 4.98 Å². The molecule has 0 bridgehead atoms. The van der Waals surface area contributed by atoms with E-state index in [1.54, 1.807) is 6.20 Å². The van der Waals surface area contributed by atoms with Crippen molar-refractivity contribution in [3.63, 3.8) is 0 Å². The van der Waals surface area contributed by atoms with Crippen LogP contribution in [0.5, 0.6) is 0 Å². The third kappa shape index (κ3) is 3.99. The second-order valence-corrected chi connectivity index (χ2v) is 4.83. The van der Waals surface area contributed by atoms with Gasteiger partial charge < -0.3 is 10.3 Å². The minimum atomic E-state index is -0.156. The molecular formula is C14H18N4O. The molecule has 0 aliphatic carbocycles. The van der Waals surface area contributed by atoms with Gasteiger partial charge in [0, 0.05) is 18.8 Å². The van der Waals surface area contributed by atoms with E-state index in [1.807, 2.05) is 18.2 Å². The lowest BCUT2D eigenvalue weighted by Gasteiger charge is -2.07. The topological polar surface area (TPSA) is 70.7 Å². The summed E-state index contributed by atoms with van der Waals surface area (Å²) in [7, 11) is 0. The number of H-pyrrole nitrogens is 1. The first-order valence-electron chi connectivity index (χ1n) is 6.37. The van der Waals surface area contributed by atoms with Gasteiger partial charge in [0.05, 0.1) is 5.69 Å². The van der Waals surface area contributed by atoms with Gasteiger partial charge in [0.1, 0.15) is 5.69 Å². The van der Waals surface area contributed by atoms with Crippen molar-refractivity contribution >= 4 is 0 Å². The molecule has 0 spiro atoms. The second kappa shape index (κ2) is 6.24. The van der Waals surface area contributed by atoms with E-state index in [1.165, 1.54) is 6.07 Å². The van der Waals surface area contributed by atoms with Crippen LogP contribution in [0.4, 0.5) is 0 Å². The molecule has 0 aliphatic rings. The Morgan fingerprint density at radius 1 is 1.37 bits per heavy atom. The van der Waals surface area contributed by atoms with E-state index < -0.39 is 0 Å². The van der Waals surface area contributed by atoms with Gasteiger partial charge in [0.2, 0.25) is 0 Å². The third-order valence-corrected chi connectivity index (χ3v) is 2.56. The van der Waals surface area contributed by atoms with Crippen molar-refractivity contribution in [2.75, 3.05) is 6.54 Å². The first kappa shape index (κ1) is 13.4. The van der Waals surface area contributed by atoms with Crippen LogP contribution in [0.15, 0.2) is 35.3 Å². The molecule has 0 aliphatic heterocycles. The number of aromatic amines is 1. The predicted octanol–water partition coefficient (Wildman–Crippen LogP) is 1.58. The normalized spacial score (nSPS) is 10.9. The van der Waals surface area contributed by atoms with Gasteiger partial charge in [0.15, 0.2) is 5.82 Å². The molecule has 5 nitrogen and oxygen atoms in total. The Labute approximate surface area is 112 Å². The van der Waals surface area contributed by atoms with Gasteiger partial charge in [0.25, 0.3) is 5.56 Å². The molecule has 2 aromatic rings. The van der Waals surface area contributed by atoms with E-state index in [0.717, 1.165) is 12.2 Å². The van der Waals surface area contributed by atoms with Crippen molar-refractivity contribution in [1.82, 2.24) is 20.3 Å². The zero-order valence-corrected chi connectivity index (χ0v) is 11.2. The molecular weight excluding hydrogens is 240 g/mol. The molecule has 2 heterocycles. The largest absolute Gasteiger partial charge is 0.311 e. The highest BCUT2D eigenvalue weighted by Gasteiger charge is 2.04. The fourth-order valence-corrected chi connectivity index (χ4v) is 1.71. The molecule has 100 valence electrons. The average molecular weight is 258 g/mol. The number of hydrogen-bond donors (Lipinski definition) is 2. The fraction of sp³-hybridized carbons (Fsp3) is 0.357. The lowest BCUT2D eigenvalue weighted by atomic mass is 10.2. The van der Waals surface area contributed by atoms with E-state index in [4.69, 9.17) is 0 Å². The second-order valence-electron chi connectivity index (χ2n) is 4.83. The third-order valence-electron chi connectivity index (χ3n) is 2.56. The van der Waals surface area contributed by atoms with Gasteiger partial charge in [-0.3, -0.25) is 9.78 Å². The lowest BCUT2D eigenvalue weighted by Crippen LogP contribution is -2.21. The predicted molar refractivity (Wildman–Crippen MR) is 74.6 cm³/mol. The van der Waals surface area contributed by atoms with Crippen LogP contribution in [0, 0.1) is 5.92 Å². The minimum absolute atomic E-state index is 0.156. The monoisotopic (exact) mass is 258 g/mol. The van der Waals surface area contributed by atoms with E-state index in [0.29, 0.717) is 24.0 Å². The molecule has 0 atom stereocenters. The Bertz CT molecular complexity index is 577. The molecule has 0 radical (unpaired) electrons. The van der Waals surface area contributed by atoms with Crippen LogP contribution in [0.3, 0.4) is 0 Å². The molecule has 5 heteroatoms. The average Bonchev–Trinajstić information content (AvgIpc) is 2.39. The molecule has 0 saturated heterocycles. The Kier molecular flexibility index (Phi) is 4.41. The molecule has 0 aromatic carbocycles. The van der Waals surface area contributed by atoms with Gasteiger partial charge >= 0.3 is 0 Å². The number of nitrogens with zero attached hydrogens (tertiary/aromatic N) is 2. The molecule has 2 rings (SSSR count). The number of nitrogens with one attached hydrogen (secondary N) is 2. The Morgan fingerprint density at radius 2 is 2.21 bits per heavy atom. The Hall–Kier alpha value is -2.01. The van der Waals surface area contributed by atoms with Gasteiger partial charge in [-0.1, -0.05) is 19.9 Å². The summed E-state index contributed by atoms with van der Waals surface area (Å²) >= 11 is 0. The SMILES string of the molecule is CC(C)CNCc1cc(=O)[nH]c(-c2ccccn2)n1. The van der Waals surface area contributed by atoms with Crippen molar-refractivity contribution in [1.29, 1.82) is 0 Å². The molecule has 19 heavy (non-hydrogen) atoms. The molecule has 0 unspecified atom stereocenters. The summed E-state index contributed by atoms with van der Waals surface area (Å²) in [6.45, 7) is 5.75. The number of hydrogen-bond acceptors (Lipinski definition) is 4. The maximum atomic E-state index is 11.6. The summed E-state index contributed by atoms with van der Waals surface area (Å²) in [5.74, 6) is 1.08. The van der Waals surface area contributed by atoms with Crippen LogP contribution in [0.25, 0.3) is 11.5 Å². The van der Waals surface area contributed by atoms with Crippen LogP contribution in [0.1, 0.15) is 19.5 Å². The van der Waals surface area contributed by atoms with Crippen molar-refractivity contribution < 1.29 is 0 Å². The summed E-state index contributed by atoms with van der Waals surface area (Å²) in [5.41, 5.74) is 1.24. The quantitative estimate of drug-likeness (QED) is 0.854. The molecule has 0 fully saturated rings. The van der Waals surface area contributed by atoms with Gasteiger partial charge in [-0.15, -0.1) is 0 Å². The molecule has 2 aromatic heterocycles. The van der Waals surface area contributed by atoms with Gasteiger partial charge in [-0.2, -0.15) is 0 Å². The first-order valence-corrected chi connectivity index (χ1v) is 6.37. The lowest BCUT2D eigenvalue weighted by molar-refractivity contribution is 0.548. The van der Waals surface area contributed by atoms with Crippen LogP contribution < -0.4 is 10.9 Å². The van der Waals surface area contributed by atoms with Crippen LogP contribution in [0.2, 0.25) is 0 Å². The zero-order chi connectivity index (χ0) is 13.7. The van der Waals surface area contributed by atoms with Crippen molar-refractivity contribution in [2.24, 2.45) is 5.92 Å². The highest BCUT2D eigenvalue weighted by molar-refractivity contribution is 5.47. The summed E-state index contributed by atoms with van der Waals surface area (Å²) in [4.78, 5) is 22.9. The zero-order valence-electron chi connectivity index (χ0n) is 11.2. The maximum absolute atomic E-state index is 11.6. The maximum Gasteiger partial charge on any atom is 0.251 e. The van der Waals surface area contributed by atoms with E-state index in [9.17, 15) is 4.79 Å². The Balaban J connectivity index is 2.18. The van der Waals surface area contributed by atoms with Crippen molar-refractivity contribution in [3.8, 4) is 11.5 Å². The van der Waals surface area contributed by atoms with Crippen LogP contribution >= 0.6 is 0 Å². The van der Waals surface area contributed by atoms with Crippen LogP contribution in [-0.2, 0) is 6.54 Å². The Morgan fingerprint density at radius 3 is 2.89 bits per heavy atom. The standard InChI is InChI=1S/C14H18N4O/c1-10(2)8-15-9-11-7-13(19)18-14(17-11)12-5-3-4-6-16-12/h3-7,10,15H,8-9H2,1-2H3,(H,17,18,19). The van der Waals surface area contributed by atoms with Crippen molar-refractivity contribution in [3.05, 3.63) is 46.5 Å². The summed E-state index contributed by atoms with van der Waals surface area (Å²) in [6, 6.07) is 7.03. The number of rotatable bonds is 5. The fourth-order valence-electron chi connectivity index (χ4n) is 1.71. The van der Waals surface area contributed by atoms with Crippen molar-refractivity contribution in [2.45, 2.75) is 20.4 Å². The summed E-state index contributed by atoms with van der Waals surface area (Å²) < 4.78 is 0. The minimum Gasteiger partial charge on any atom is -0.311 e.